The lowest BCUT2D eigenvalue weighted by atomic mass is 10.0. The van der Waals surface area contributed by atoms with Crippen molar-refractivity contribution in [2.45, 2.75) is 32.6 Å². The highest BCUT2D eigenvalue weighted by Crippen LogP contribution is 2.26. The van der Waals surface area contributed by atoms with E-state index in [2.05, 4.69) is 20.1 Å². The number of nitrogens with zero attached hydrogens (tertiary/aromatic N) is 3. The quantitative estimate of drug-likeness (QED) is 0.434. The number of hydrogen-bond acceptors (Lipinski definition) is 7. The molecule has 1 N–H and O–H groups in total. The summed E-state index contributed by atoms with van der Waals surface area (Å²) in [7, 11) is 3.69. The van der Waals surface area contributed by atoms with E-state index in [9.17, 15) is 4.79 Å². The molecule has 1 aromatic heterocycles. The van der Waals surface area contributed by atoms with Crippen LogP contribution in [0.4, 0.5) is 5.69 Å². The van der Waals surface area contributed by atoms with Gasteiger partial charge in [0.15, 0.2) is 0 Å². The highest BCUT2D eigenvalue weighted by atomic mass is 32.2. The number of pyridine rings is 1. The highest BCUT2D eigenvalue weighted by molar-refractivity contribution is 7.98. The van der Waals surface area contributed by atoms with Gasteiger partial charge in [0, 0.05) is 55.5 Å². The number of benzene rings is 2. The van der Waals surface area contributed by atoms with E-state index in [0.29, 0.717) is 13.1 Å². The van der Waals surface area contributed by atoms with E-state index >= 15 is 0 Å². The van der Waals surface area contributed by atoms with Crippen LogP contribution in [0.1, 0.15) is 27.0 Å². The third kappa shape index (κ3) is 6.54. The summed E-state index contributed by atoms with van der Waals surface area (Å²) in [6, 6.07) is 17.8. The molecule has 2 unspecified atom stereocenters. The van der Waals surface area contributed by atoms with E-state index in [-0.39, 0.29) is 18.1 Å². The molecule has 0 aliphatic carbocycles. The van der Waals surface area contributed by atoms with Crippen molar-refractivity contribution in [3.8, 4) is 5.75 Å². The highest BCUT2D eigenvalue weighted by Gasteiger charge is 2.37. The lowest BCUT2D eigenvalue weighted by Crippen LogP contribution is -2.32. The number of hydrogen-bond donors (Lipinski definition) is 1. The second kappa shape index (κ2) is 11.6. The number of carbonyl (C=O) groups is 1. The molecule has 1 saturated heterocycles. The number of anilines is 1. The third-order valence-electron chi connectivity index (χ3n) is 6.00. The molecule has 7 nitrogen and oxygen atoms in total. The summed E-state index contributed by atoms with van der Waals surface area (Å²) < 4.78 is 17.4. The van der Waals surface area contributed by atoms with Gasteiger partial charge in [0.1, 0.15) is 18.0 Å². The van der Waals surface area contributed by atoms with Gasteiger partial charge in [0.05, 0.1) is 13.1 Å². The fourth-order valence-corrected chi connectivity index (χ4v) is 4.71. The van der Waals surface area contributed by atoms with Crippen LogP contribution >= 0.6 is 12.1 Å². The van der Waals surface area contributed by atoms with Crippen LogP contribution in [0.3, 0.4) is 0 Å². The zero-order valence-corrected chi connectivity index (χ0v) is 21.4. The van der Waals surface area contributed by atoms with Crippen LogP contribution in [0.15, 0.2) is 67.0 Å². The molecule has 1 aliphatic heterocycles. The first-order valence-electron chi connectivity index (χ1n) is 11.6. The summed E-state index contributed by atoms with van der Waals surface area (Å²) in [6.07, 6.45) is 3.21. The molecule has 3 aromatic rings. The Morgan fingerprint density at radius 1 is 1.14 bits per heavy atom. The normalized spacial score (nSPS) is 17.6. The number of methoxy groups -OCH3 is 1. The molecule has 184 valence electrons. The topological polar surface area (TPSA) is 66.9 Å². The minimum Gasteiger partial charge on any atom is -0.486 e. The minimum atomic E-state index is -0.245. The van der Waals surface area contributed by atoms with Gasteiger partial charge in [0.25, 0.3) is 5.91 Å². The predicted octanol–water partition coefficient (Wildman–Crippen LogP) is 4.72. The van der Waals surface area contributed by atoms with Crippen molar-refractivity contribution in [3.05, 3.63) is 89.2 Å². The molecule has 0 bridgehead atoms. The number of rotatable bonds is 9. The Morgan fingerprint density at radius 3 is 2.74 bits per heavy atom. The maximum Gasteiger partial charge on any atom is 0.254 e. The van der Waals surface area contributed by atoms with Gasteiger partial charge in [-0.25, -0.2) is 4.31 Å². The summed E-state index contributed by atoms with van der Waals surface area (Å²) in [5.41, 5.74) is 4.86. The summed E-state index contributed by atoms with van der Waals surface area (Å²) in [5.74, 6) is 0.751. The van der Waals surface area contributed by atoms with Gasteiger partial charge in [-0.3, -0.25) is 9.78 Å². The van der Waals surface area contributed by atoms with Gasteiger partial charge in [0.2, 0.25) is 0 Å². The third-order valence-corrected chi connectivity index (χ3v) is 6.77. The molecule has 0 saturated carbocycles. The number of nitrogens with one attached hydrogen (secondary N) is 1. The molecule has 0 radical (unpaired) electrons. The number of likely N-dealkylation sites (tertiary alicyclic amines) is 1. The molecule has 1 fully saturated rings. The van der Waals surface area contributed by atoms with Crippen molar-refractivity contribution >= 4 is 23.7 Å². The zero-order chi connectivity index (χ0) is 24.8. The number of aromatic nitrogens is 1. The van der Waals surface area contributed by atoms with Crippen molar-refractivity contribution in [1.29, 1.82) is 0 Å². The van der Waals surface area contributed by atoms with Crippen molar-refractivity contribution < 1.29 is 14.3 Å². The van der Waals surface area contributed by atoms with E-state index in [1.54, 1.807) is 13.3 Å². The Kier molecular flexibility index (Phi) is 8.28. The molecule has 4 rings (SSSR count). The number of carbonyl (C=O) groups excluding carboxylic acids is 1. The predicted molar refractivity (Wildman–Crippen MR) is 140 cm³/mol. The first-order chi connectivity index (χ1) is 16.9. The molecule has 8 heteroatoms. The summed E-state index contributed by atoms with van der Waals surface area (Å²) in [5, 5.41) is 0. The molecule has 35 heavy (non-hydrogen) atoms. The maximum absolute atomic E-state index is 13.2. The molecule has 1 aliphatic rings. The van der Waals surface area contributed by atoms with Gasteiger partial charge < -0.3 is 19.1 Å². The lowest BCUT2D eigenvalue weighted by Gasteiger charge is -2.20. The molecule has 0 spiro atoms. The summed E-state index contributed by atoms with van der Waals surface area (Å²) >= 11 is 1.51. The van der Waals surface area contributed by atoms with Crippen LogP contribution in [0, 0.1) is 13.8 Å². The first kappa shape index (κ1) is 25.0. The van der Waals surface area contributed by atoms with Crippen LogP contribution in [-0.4, -0.2) is 59.6 Å². The van der Waals surface area contributed by atoms with E-state index in [1.807, 2.05) is 80.5 Å². The smallest absolute Gasteiger partial charge is 0.254 e. The Balaban J connectivity index is 1.36. The van der Waals surface area contributed by atoms with Crippen LogP contribution in [0.25, 0.3) is 0 Å². The van der Waals surface area contributed by atoms with Crippen molar-refractivity contribution in [2.75, 3.05) is 32.0 Å². The fraction of sp³-hybridized carbons (Fsp3) is 0.333. The molecular formula is C27H32N4O3S. The van der Waals surface area contributed by atoms with Crippen molar-refractivity contribution in [2.24, 2.45) is 0 Å². The van der Waals surface area contributed by atoms with Gasteiger partial charge in [-0.2, -0.15) is 0 Å². The minimum absolute atomic E-state index is 0.0165. The van der Waals surface area contributed by atoms with E-state index in [0.717, 1.165) is 40.2 Å². The Morgan fingerprint density at radius 2 is 1.97 bits per heavy atom. The van der Waals surface area contributed by atoms with Crippen molar-refractivity contribution in [3.63, 3.8) is 0 Å². The van der Waals surface area contributed by atoms with E-state index in [4.69, 9.17) is 9.47 Å². The monoisotopic (exact) mass is 492 g/mol. The SMILES string of the molecule is COC1CN(C(=O)c2cc(C)ccc2C)CC1Oc1cccc(NSN(C)Cc2cccnc2)c1. The number of amides is 1. The van der Waals surface area contributed by atoms with Gasteiger partial charge in [-0.05, 0) is 56.3 Å². The van der Waals surface area contributed by atoms with Crippen LogP contribution < -0.4 is 9.46 Å². The fourth-order valence-electron chi connectivity index (χ4n) is 4.11. The van der Waals surface area contributed by atoms with E-state index in [1.165, 1.54) is 12.1 Å². The standard InChI is InChI=1S/C27H32N4O3S/c1-19-10-11-20(2)24(13-19)27(32)31-17-25(33-4)26(18-31)34-23-9-5-8-22(14-23)29-35-30(3)16-21-7-6-12-28-15-21/h5-15,25-26,29H,16-18H2,1-4H3. The summed E-state index contributed by atoms with van der Waals surface area (Å²) in [4.78, 5) is 19.2. The maximum atomic E-state index is 13.2. The van der Waals surface area contributed by atoms with E-state index < -0.39 is 0 Å². The molecular weight excluding hydrogens is 460 g/mol. The van der Waals surface area contributed by atoms with Crippen LogP contribution in [0.5, 0.6) is 5.75 Å². The second-order valence-corrected chi connectivity index (χ2v) is 9.84. The van der Waals surface area contributed by atoms with Gasteiger partial charge >= 0.3 is 0 Å². The molecule has 1 amide bonds. The van der Waals surface area contributed by atoms with Crippen LogP contribution in [-0.2, 0) is 11.3 Å². The Bertz CT molecular complexity index is 1140. The summed E-state index contributed by atoms with van der Waals surface area (Å²) in [6.45, 7) is 5.71. The second-order valence-electron chi connectivity index (χ2n) is 8.83. The Hall–Kier alpha value is -3.07. The lowest BCUT2D eigenvalue weighted by molar-refractivity contribution is 0.0340. The Labute approximate surface area is 211 Å². The number of ether oxygens (including phenoxy) is 2. The van der Waals surface area contributed by atoms with Crippen LogP contribution in [0.2, 0.25) is 0 Å². The largest absolute Gasteiger partial charge is 0.486 e. The average Bonchev–Trinajstić information content (AvgIpc) is 3.27. The zero-order valence-electron chi connectivity index (χ0n) is 20.6. The van der Waals surface area contributed by atoms with Crippen molar-refractivity contribution in [1.82, 2.24) is 14.2 Å². The van der Waals surface area contributed by atoms with Gasteiger partial charge in [-0.1, -0.05) is 29.8 Å². The number of aryl methyl sites for hydroxylation is 2. The van der Waals surface area contributed by atoms with Gasteiger partial charge in [-0.15, -0.1) is 0 Å². The molecule has 2 atom stereocenters. The molecule has 2 heterocycles. The average molecular weight is 493 g/mol. The molecule has 2 aromatic carbocycles. The first-order valence-corrected chi connectivity index (χ1v) is 12.4.